The molecule has 1 unspecified atom stereocenters. The van der Waals surface area contributed by atoms with Crippen molar-refractivity contribution in [3.8, 4) is 11.5 Å². The number of aromatic hydroxyl groups is 1. The number of carbonyl (C=O) groups excluding carboxylic acids is 3. The van der Waals surface area contributed by atoms with Gasteiger partial charge in [0.05, 0.1) is 13.7 Å². The number of phenols is 1. The van der Waals surface area contributed by atoms with Gasteiger partial charge in [-0.05, 0) is 95.8 Å². The van der Waals surface area contributed by atoms with Crippen molar-refractivity contribution in [2.45, 2.75) is 65.7 Å². The molecule has 1 heterocycles. The summed E-state index contributed by atoms with van der Waals surface area (Å²) in [7, 11) is 1.27. The third-order valence-electron chi connectivity index (χ3n) is 5.41. The molecule has 0 fully saturated rings. The van der Waals surface area contributed by atoms with Crippen LogP contribution in [0.4, 0.5) is 21.1 Å². The lowest BCUT2D eigenvalue weighted by molar-refractivity contribution is -0.141. The topological polar surface area (TPSA) is 137 Å². The zero-order chi connectivity index (χ0) is 30.5. The van der Waals surface area contributed by atoms with Crippen molar-refractivity contribution >= 4 is 40.4 Å². The Balaban J connectivity index is 2.05. The number of hydrogen-bond donors (Lipinski definition) is 2. The molecule has 2 aromatic carbocycles. The normalized spacial score (nSPS) is 12.3. The Kier molecular flexibility index (Phi) is 9.31. The fourth-order valence-corrected chi connectivity index (χ4v) is 3.88. The number of esters is 1. The van der Waals surface area contributed by atoms with Crippen LogP contribution in [0.5, 0.6) is 11.5 Å². The molecule has 0 bridgehead atoms. The molecular formula is C30H37N3O8. The third kappa shape index (κ3) is 8.23. The van der Waals surface area contributed by atoms with Gasteiger partial charge in [0.1, 0.15) is 22.7 Å². The molecule has 1 atom stereocenters. The maximum atomic E-state index is 13.2. The fraction of sp³-hybridized carbons (Fsp3) is 0.400. The molecule has 220 valence electrons. The number of carbonyl (C=O) groups is 3. The smallest absolute Gasteiger partial charge is 0.425 e. The average molecular weight is 568 g/mol. The molecule has 0 saturated heterocycles. The number of rotatable bonds is 7. The van der Waals surface area contributed by atoms with Gasteiger partial charge < -0.3 is 29.4 Å². The van der Waals surface area contributed by atoms with E-state index in [4.69, 9.17) is 18.9 Å². The number of nitrogens with one attached hydrogen (secondary N) is 1. The van der Waals surface area contributed by atoms with Gasteiger partial charge in [0, 0.05) is 23.3 Å². The highest BCUT2D eigenvalue weighted by molar-refractivity contribution is 6.14. The van der Waals surface area contributed by atoms with E-state index in [2.05, 4.69) is 10.3 Å². The SMILES string of the molecule is CCOc1cc(O)cc(C(Nc2ccc3c(N(C(=O)OC(C)(C)C)C(=O)OC(C)(C)C)nccc3c2)C(=O)OC)c1. The first-order valence-corrected chi connectivity index (χ1v) is 13.1. The van der Waals surface area contributed by atoms with Gasteiger partial charge in [-0.15, -0.1) is 0 Å². The molecule has 2 N–H and O–H groups in total. The Bertz CT molecular complexity index is 1400. The lowest BCUT2D eigenvalue weighted by Crippen LogP contribution is -2.44. The lowest BCUT2D eigenvalue weighted by atomic mass is 10.0. The monoisotopic (exact) mass is 567 g/mol. The van der Waals surface area contributed by atoms with Gasteiger partial charge >= 0.3 is 18.2 Å². The summed E-state index contributed by atoms with van der Waals surface area (Å²) in [6.45, 7) is 12.3. The second-order valence-corrected chi connectivity index (χ2v) is 11.2. The molecule has 2 amide bonds. The molecule has 3 rings (SSSR count). The molecule has 0 aliphatic rings. The first-order chi connectivity index (χ1) is 19.1. The summed E-state index contributed by atoms with van der Waals surface area (Å²) in [5.74, 6) is -0.233. The minimum absolute atomic E-state index is 0.0244. The van der Waals surface area contributed by atoms with E-state index < -0.39 is 35.4 Å². The van der Waals surface area contributed by atoms with Crippen LogP contribution in [0.3, 0.4) is 0 Å². The molecule has 11 heteroatoms. The third-order valence-corrected chi connectivity index (χ3v) is 5.41. The first kappa shape index (κ1) is 31.0. The van der Waals surface area contributed by atoms with Gasteiger partial charge in [-0.3, -0.25) is 0 Å². The lowest BCUT2D eigenvalue weighted by Gasteiger charge is -2.28. The number of methoxy groups -OCH3 is 1. The van der Waals surface area contributed by atoms with Crippen LogP contribution in [0.1, 0.15) is 60.1 Å². The van der Waals surface area contributed by atoms with Crippen molar-refractivity contribution in [2.75, 3.05) is 23.9 Å². The summed E-state index contributed by atoms with van der Waals surface area (Å²) < 4.78 is 21.5. The second kappa shape index (κ2) is 12.3. The largest absolute Gasteiger partial charge is 0.508 e. The molecule has 0 radical (unpaired) electrons. The van der Waals surface area contributed by atoms with Gasteiger partial charge in [0.25, 0.3) is 0 Å². The van der Waals surface area contributed by atoms with E-state index >= 15 is 0 Å². The highest BCUT2D eigenvalue weighted by Crippen LogP contribution is 2.33. The number of ether oxygens (including phenoxy) is 4. The number of imide groups is 1. The Morgan fingerprint density at radius 2 is 1.59 bits per heavy atom. The van der Waals surface area contributed by atoms with E-state index in [1.807, 2.05) is 6.92 Å². The summed E-state index contributed by atoms with van der Waals surface area (Å²) in [6.07, 6.45) is -0.424. The summed E-state index contributed by atoms with van der Waals surface area (Å²) in [5, 5.41) is 14.4. The number of pyridine rings is 1. The number of anilines is 2. The molecule has 3 aromatic rings. The molecule has 1 aromatic heterocycles. The number of phenolic OH excluding ortho intramolecular Hbond substituents is 1. The molecule has 0 aliphatic carbocycles. The zero-order valence-corrected chi connectivity index (χ0v) is 24.6. The molecule has 0 spiro atoms. The van der Waals surface area contributed by atoms with Crippen LogP contribution in [0.15, 0.2) is 48.7 Å². The quantitative estimate of drug-likeness (QED) is 0.246. The molecule has 0 saturated carbocycles. The van der Waals surface area contributed by atoms with Crippen molar-refractivity contribution in [1.82, 2.24) is 4.98 Å². The summed E-state index contributed by atoms with van der Waals surface area (Å²) in [5.41, 5.74) is -0.810. The van der Waals surface area contributed by atoms with Gasteiger partial charge in [0.15, 0.2) is 11.9 Å². The van der Waals surface area contributed by atoms with Crippen molar-refractivity contribution in [2.24, 2.45) is 0 Å². The number of nitrogens with zero attached hydrogens (tertiary/aromatic N) is 2. The standard InChI is InChI=1S/C30H37N3O8/c1-9-39-22-16-19(15-21(34)17-22)24(26(35)38-8)32-20-10-11-23-18(14-20)12-13-31-25(23)33(27(36)40-29(2,3)4)28(37)41-30(5,6)7/h10-17,24,32,34H,9H2,1-8H3. The Hall–Kier alpha value is -4.54. The number of fused-ring (bicyclic) bond motifs is 1. The molecule has 0 aliphatic heterocycles. The predicted molar refractivity (Wildman–Crippen MR) is 154 cm³/mol. The van der Waals surface area contributed by atoms with Crippen LogP contribution in [0.25, 0.3) is 10.8 Å². The minimum Gasteiger partial charge on any atom is -0.508 e. The van der Waals surface area contributed by atoms with Gasteiger partial charge in [0.2, 0.25) is 0 Å². The zero-order valence-electron chi connectivity index (χ0n) is 24.6. The van der Waals surface area contributed by atoms with Gasteiger partial charge in [-0.25, -0.2) is 19.4 Å². The fourth-order valence-electron chi connectivity index (χ4n) is 3.88. The van der Waals surface area contributed by atoms with Gasteiger partial charge in [-0.2, -0.15) is 4.90 Å². The van der Waals surface area contributed by atoms with E-state index in [-0.39, 0.29) is 11.6 Å². The number of aromatic nitrogens is 1. The summed E-state index contributed by atoms with van der Waals surface area (Å²) in [4.78, 5) is 44.2. The van der Waals surface area contributed by atoms with Crippen molar-refractivity contribution in [3.05, 3.63) is 54.2 Å². The molecule has 41 heavy (non-hydrogen) atoms. The van der Waals surface area contributed by atoms with E-state index in [1.54, 1.807) is 71.9 Å². The van der Waals surface area contributed by atoms with E-state index in [9.17, 15) is 19.5 Å². The van der Waals surface area contributed by atoms with Crippen LogP contribution in [0.2, 0.25) is 0 Å². The number of amides is 2. The van der Waals surface area contributed by atoms with E-state index in [1.165, 1.54) is 25.4 Å². The van der Waals surface area contributed by atoms with Crippen molar-refractivity contribution in [3.63, 3.8) is 0 Å². The highest BCUT2D eigenvalue weighted by Gasteiger charge is 2.34. The van der Waals surface area contributed by atoms with Gasteiger partial charge in [-0.1, -0.05) is 0 Å². The number of hydrogen-bond acceptors (Lipinski definition) is 10. The van der Waals surface area contributed by atoms with Crippen LogP contribution >= 0.6 is 0 Å². The van der Waals surface area contributed by atoms with Crippen LogP contribution in [-0.2, 0) is 19.0 Å². The number of benzene rings is 2. The molecular weight excluding hydrogens is 530 g/mol. The van der Waals surface area contributed by atoms with Crippen LogP contribution in [0, 0.1) is 0 Å². The van der Waals surface area contributed by atoms with Crippen molar-refractivity contribution < 1.29 is 38.4 Å². The maximum Gasteiger partial charge on any atom is 0.425 e. The minimum atomic E-state index is -0.981. The van der Waals surface area contributed by atoms with E-state index in [0.717, 1.165) is 4.90 Å². The first-order valence-electron chi connectivity index (χ1n) is 13.1. The Morgan fingerprint density at radius 3 is 2.15 bits per heavy atom. The Morgan fingerprint density at radius 1 is 0.951 bits per heavy atom. The summed E-state index contributed by atoms with van der Waals surface area (Å²) in [6, 6.07) is 10.3. The van der Waals surface area contributed by atoms with Crippen LogP contribution in [-0.4, -0.2) is 53.2 Å². The summed E-state index contributed by atoms with van der Waals surface area (Å²) >= 11 is 0. The van der Waals surface area contributed by atoms with Crippen LogP contribution < -0.4 is 15.0 Å². The predicted octanol–water partition coefficient (Wildman–Crippen LogP) is 6.34. The maximum absolute atomic E-state index is 13.2. The van der Waals surface area contributed by atoms with Crippen molar-refractivity contribution in [1.29, 1.82) is 0 Å². The average Bonchev–Trinajstić information content (AvgIpc) is 2.84. The second-order valence-electron chi connectivity index (χ2n) is 11.2. The Labute approximate surface area is 239 Å². The van der Waals surface area contributed by atoms with E-state index in [0.29, 0.717) is 34.4 Å². The highest BCUT2D eigenvalue weighted by atomic mass is 16.6. The molecule has 11 nitrogen and oxygen atoms in total.